The molecular formula is C31H36FN3O7. The molecule has 0 bridgehead atoms. The smallest absolute Gasteiger partial charge is 0.230 e. The number of aliphatic hydroxyl groups excluding tert-OH is 1. The molecule has 5 rings (SSSR count). The van der Waals surface area contributed by atoms with Gasteiger partial charge in [-0.15, -0.1) is 0 Å². The minimum atomic E-state index is -2.71. The number of amides is 1. The van der Waals surface area contributed by atoms with Gasteiger partial charge in [0.2, 0.25) is 5.91 Å². The van der Waals surface area contributed by atoms with E-state index in [-0.39, 0.29) is 30.0 Å². The van der Waals surface area contributed by atoms with Gasteiger partial charge >= 0.3 is 0 Å². The fourth-order valence-electron chi connectivity index (χ4n) is 7.44. The highest BCUT2D eigenvalue weighted by Gasteiger charge is 2.69. The Morgan fingerprint density at radius 2 is 1.71 bits per heavy atom. The zero-order chi connectivity index (χ0) is 30.8. The number of aliphatic hydroxyl groups is 2. The average Bonchev–Trinajstić information content (AvgIpc) is 2.90. The lowest BCUT2D eigenvalue weighted by molar-refractivity contribution is -0.190. The maximum Gasteiger partial charge on any atom is 0.230 e. The zero-order valence-electron chi connectivity index (χ0n) is 24.0. The first-order valence-corrected chi connectivity index (χ1v) is 14.0. The molecule has 0 heterocycles. The molecule has 224 valence electrons. The molecule has 0 radical (unpaired) electrons. The van der Waals surface area contributed by atoms with Gasteiger partial charge in [0.1, 0.15) is 17.5 Å². The summed E-state index contributed by atoms with van der Waals surface area (Å²) in [6.45, 7) is 0. The summed E-state index contributed by atoms with van der Waals surface area (Å²) < 4.78 is 13.4. The van der Waals surface area contributed by atoms with E-state index in [4.69, 9.17) is 5.73 Å². The lowest BCUT2D eigenvalue weighted by Gasteiger charge is -2.55. The van der Waals surface area contributed by atoms with Gasteiger partial charge in [-0.05, 0) is 80.6 Å². The third kappa shape index (κ3) is 4.42. The van der Waals surface area contributed by atoms with E-state index in [1.54, 1.807) is 51.3 Å². The Hall–Kier alpha value is -3.67. The van der Waals surface area contributed by atoms with Gasteiger partial charge < -0.3 is 30.9 Å². The Morgan fingerprint density at radius 3 is 2.29 bits per heavy atom. The highest BCUT2D eigenvalue weighted by molar-refractivity contribution is 6.25. The molecule has 2 aromatic carbocycles. The molecule has 0 saturated heterocycles. The number of primary amides is 1. The summed E-state index contributed by atoms with van der Waals surface area (Å²) >= 11 is 0. The fraction of sp³-hybridized carbons (Fsp3) is 0.484. The Morgan fingerprint density at radius 1 is 1.07 bits per heavy atom. The SMILES string of the molecule is CN(C)c1cc(CCc2ccc(F)cc2)c(O)c2c1C[C@@H]1C[C@@H]3[C@@H](N(C)C)C(O)C(C(N)=O)C(=O)[C@]3(O)C(=O)C1C2=O. The molecule has 2 aromatic rings. The van der Waals surface area contributed by atoms with Gasteiger partial charge in [0, 0.05) is 31.7 Å². The van der Waals surface area contributed by atoms with Crippen molar-refractivity contribution in [3.8, 4) is 5.75 Å². The number of phenolic OH excluding ortho intramolecular Hbond substituents is 1. The number of nitrogens with two attached hydrogens (primary N) is 1. The van der Waals surface area contributed by atoms with E-state index in [1.807, 2.05) is 4.90 Å². The van der Waals surface area contributed by atoms with Crippen LogP contribution in [-0.4, -0.2) is 89.4 Å². The molecule has 2 saturated carbocycles. The van der Waals surface area contributed by atoms with E-state index in [9.17, 15) is 38.9 Å². The van der Waals surface area contributed by atoms with E-state index < -0.39 is 64.7 Å². The predicted molar refractivity (Wildman–Crippen MR) is 150 cm³/mol. The Labute approximate surface area is 242 Å². The number of halogens is 1. The van der Waals surface area contributed by atoms with Crippen LogP contribution in [0.3, 0.4) is 0 Å². The number of carbonyl (C=O) groups excluding carboxylic acids is 4. The lowest BCUT2D eigenvalue weighted by atomic mass is 9.52. The Bertz CT molecular complexity index is 1470. The number of phenols is 1. The van der Waals surface area contributed by atoms with Crippen LogP contribution in [0.5, 0.6) is 5.75 Å². The molecule has 42 heavy (non-hydrogen) atoms. The molecular weight excluding hydrogens is 545 g/mol. The number of nitrogens with zero attached hydrogens (tertiary/aromatic N) is 2. The van der Waals surface area contributed by atoms with Crippen LogP contribution in [0, 0.1) is 29.5 Å². The summed E-state index contributed by atoms with van der Waals surface area (Å²) in [4.78, 5) is 57.3. The van der Waals surface area contributed by atoms with Crippen LogP contribution >= 0.6 is 0 Å². The highest BCUT2D eigenvalue weighted by atomic mass is 19.1. The van der Waals surface area contributed by atoms with Crippen LogP contribution in [0.4, 0.5) is 10.1 Å². The molecule has 7 atom stereocenters. The first kappa shape index (κ1) is 29.8. The summed E-state index contributed by atoms with van der Waals surface area (Å²) in [7, 11) is 6.82. The van der Waals surface area contributed by atoms with Crippen LogP contribution in [-0.2, 0) is 33.6 Å². The van der Waals surface area contributed by atoms with Crippen molar-refractivity contribution >= 4 is 28.9 Å². The van der Waals surface area contributed by atoms with Crippen molar-refractivity contribution in [2.45, 2.75) is 43.4 Å². The number of aryl methyl sites for hydroxylation is 2. The maximum absolute atomic E-state index is 14.1. The summed E-state index contributed by atoms with van der Waals surface area (Å²) in [6.07, 6.45) is -0.496. The Balaban J connectivity index is 1.58. The number of ketones is 3. The number of anilines is 1. The second-order valence-electron chi connectivity index (χ2n) is 12.2. The minimum absolute atomic E-state index is 0.0224. The second kappa shape index (κ2) is 10.6. The third-order valence-corrected chi connectivity index (χ3v) is 9.42. The summed E-state index contributed by atoms with van der Waals surface area (Å²) in [6, 6.07) is 6.83. The first-order valence-electron chi connectivity index (χ1n) is 14.0. The van der Waals surface area contributed by atoms with Crippen LogP contribution in [0.1, 0.15) is 33.5 Å². The van der Waals surface area contributed by atoms with E-state index in [2.05, 4.69) is 0 Å². The van der Waals surface area contributed by atoms with Crippen molar-refractivity contribution in [3.63, 3.8) is 0 Å². The van der Waals surface area contributed by atoms with Crippen molar-refractivity contribution in [3.05, 3.63) is 58.4 Å². The fourth-order valence-corrected chi connectivity index (χ4v) is 7.44. The van der Waals surface area contributed by atoms with Crippen LogP contribution < -0.4 is 10.6 Å². The summed E-state index contributed by atoms with van der Waals surface area (Å²) in [5.74, 6) is -9.67. The first-order chi connectivity index (χ1) is 19.7. The topological polar surface area (TPSA) is 161 Å². The number of hydrogen-bond acceptors (Lipinski definition) is 9. The van der Waals surface area contributed by atoms with Crippen molar-refractivity contribution in [2.24, 2.45) is 29.4 Å². The third-order valence-electron chi connectivity index (χ3n) is 9.42. The average molecular weight is 582 g/mol. The molecule has 3 aliphatic carbocycles. The second-order valence-corrected chi connectivity index (χ2v) is 12.2. The van der Waals surface area contributed by atoms with E-state index >= 15 is 0 Å². The number of carbonyl (C=O) groups is 4. The molecule has 2 fully saturated rings. The minimum Gasteiger partial charge on any atom is -0.507 e. The van der Waals surface area contributed by atoms with Gasteiger partial charge in [0.25, 0.3) is 0 Å². The monoisotopic (exact) mass is 581 g/mol. The normalized spacial score (nSPS) is 30.5. The summed E-state index contributed by atoms with van der Waals surface area (Å²) in [5, 5.41) is 34.2. The van der Waals surface area contributed by atoms with Crippen LogP contribution in [0.2, 0.25) is 0 Å². The quantitative estimate of drug-likeness (QED) is 0.359. The van der Waals surface area contributed by atoms with Gasteiger partial charge in [0.15, 0.2) is 23.0 Å². The zero-order valence-corrected chi connectivity index (χ0v) is 24.0. The maximum atomic E-state index is 14.1. The number of fused-ring (bicyclic) bond motifs is 3. The van der Waals surface area contributed by atoms with E-state index in [0.29, 0.717) is 29.7 Å². The largest absolute Gasteiger partial charge is 0.507 e. The Kier molecular flexibility index (Phi) is 7.49. The van der Waals surface area contributed by atoms with Gasteiger partial charge in [-0.25, -0.2) is 4.39 Å². The molecule has 10 nitrogen and oxygen atoms in total. The molecule has 3 aliphatic rings. The van der Waals surface area contributed by atoms with Crippen molar-refractivity contribution in [1.82, 2.24) is 4.90 Å². The predicted octanol–water partition coefficient (Wildman–Crippen LogP) is 0.649. The number of aromatic hydroxyl groups is 1. The molecule has 5 N–H and O–H groups in total. The lowest BCUT2D eigenvalue weighted by Crippen LogP contribution is -2.75. The van der Waals surface area contributed by atoms with Crippen LogP contribution in [0.15, 0.2) is 30.3 Å². The highest BCUT2D eigenvalue weighted by Crippen LogP contribution is 2.52. The molecule has 0 aromatic heterocycles. The molecule has 3 unspecified atom stereocenters. The number of benzene rings is 2. The van der Waals surface area contributed by atoms with E-state index in [1.165, 1.54) is 12.1 Å². The van der Waals surface area contributed by atoms with Crippen molar-refractivity contribution in [1.29, 1.82) is 0 Å². The van der Waals surface area contributed by atoms with E-state index in [0.717, 1.165) is 5.56 Å². The molecule has 0 aliphatic heterocycles. The molecule has 0 spiro atoms. The van der Waals surface area contributed by atoms with Gasteiger partial charge in [-0.3, -0.25) is 19.2 Å². The standard InChI is InChI=1S/C31H36FN3O7/c1-34(2)20-13-15(8-5-14-6-9-17(32)10-7-14)25(36)22-18(20)11-16-12-19-24(35(3)4)27(38)23(30(33)41)29(40)31(19,42)28(39)21(16)26(22)37/h6-7,9-10,13,16,19,21,23-24,27,36,38,42H,5,8,11-12H2,1-4H3,(H2,33,41)/t16-,19-,21?,23?,24-,27?,31-/m1/s1. The van der Waals surface area contributed by atoms with Crippen LogP contribution in [0.25, 0.3) is 0 Å². The molecule has 11 heteroatoms. The molecule has 1 amide bonds. The number of hydrogen-bond donors (Lipinski definition) is 4. The number of likely N-dealkylation sites (N-methyl/N-ethyl adjacent to an activating group) is 1. The van der Waals surface area contributed by atoms with Crippen molar-refractivity contribution in [2.75, 3.05) is 33.1 Å². The van der Waals surface area contributed by atoms with Crippen molar-refractivity contribution < 1.29 is 38.9 Å². The van der Waals surface area contributed by atoms with Gasteiger partial charge in [-0.2, -0.15) is 0 Å². The summed E-state index contributed by atoms with van der Waals surface area (Å²) in [5.41, 5.74) is 5.25. The van der Waals surface area contributed by atoms with Gasteiger partial charge in [0.05, 0.1) is 17.6 Å². The number of rotatable bonds is 6. The number of Topliss-reactive ketones (excluding diaryl/α,β-unsaturated/α-hetero) is 3. The van der Waals surface area contributed by atoms with Gasteiger partial charge in [-0.1, -0.05) is 12.1 Å².